The number of nitrogens with zero attached hydrogens (tertiary/aromatic N) is 1. The Morgan fingerprint density at radius 2 is 1.89 bits per heavy atom. The Morgan fingerprint density at radius 1 is 1.14 bits per heavy atom. The van der Waals surface area contributed by atoms with Crippen molar-refractivity contribution in [1.82, 2.24) is 10.3 Å². The highest BCUT2D eigenvalue weighted by Crippen LogP contribution is 2.27. The van der Waals surface area contributed by atoms with E-state index in [1.165, 1.54) is 11.3 Å². The molecule has 7 heteroatoms. The summed E-state index contributed by atoms with van der Waals surface area (Å²) < 4.78 is 5.79. The van der Waals surface area contributed by atoms with Crippen molar-refractivity contribution >= 4 is 40.4 Å². The molecule has 0 aliphatic heterocycles. The number of rotatable bonds is 7. The molecule has 4 nitrogen and oxygen atoms in total. The van der Waals surface area contributed by atoms with Crippen LogP contribution in [0.2, 0.25) is 10.0 Å². The molecule has 0 aliphatic carbocycles. The summed E-state index contributed by atoms with van der Waals surface area (Å²) in [5.41, 5.74) is 2.32. The Bertz CT molecular complexity index is 955. The van der Waals surface area contributed by atoms with Crippen LogP contribution in [0, 0.1) is 5.92 Å². The van der Waals surface area contributed by atoms with Gasteiger partial charge < -0.3 is 10.1 Å². The smallest absolute Gasteiger partial charge is 0.270 e. The van der Waals surface area contributed by atoms with E-state index in [0.29, 0.717) is 34.8 Å². The van der Waals surface area contributed by atoms with Crippen molar-refractivity contribution in [3.05, 3.63) is 69.1 Å². The standard InChI is InChI=1S/C21H20Cl2N2O2S/c1-13(2)10-24-20(26)19-12-28-21(25-19)15-4-6-16(7-5-15)27-11-14-3-8-17(22)18(23)9-14/h3-9,12-13H,10-11H2,1-2H3,(H,24,26). The summed E-state index contributed by atoms with van der Waals surface area (Å²) in [6, 6.07) is 13.0. The van der Waals surface area contributed by atoms with Gasteiger partial charge in [0.15, 0.2) is 0 Å². The van der Waals surface area contributed by atoms with Crippen LogP contribution in [-0.4, -0.2) is 17.4 Å². The molecule has 1 amide bonds. The number of amides is 1. The number of carbonyl (C=O) groups is 1. The van der Waals surface area contributed by atoms with Crippen molar-refractivity contribution in [2.45, 2.75) is 20.5 Å². The van der Waals surface area contributed by atoms with E-state index in [2.05, 4.69) is 24.1 Å². The fourth-order valence-electron chi connectivity index (χ4n) is 2.39. The van der Waals surface area contributed by atoms with Crippen molar-refractivity contribution < 1.29 is 9.53 Å². The highest BCUT2D eigenvalue weighted by molar-refractivity contribution is 7.13. The molecule has 1 heterocycles. The molecule has 2 aromatic carbocycles. The van der Waals surface area contributed by atoms with Gasteiger partial charge in [-0.3, -0.25) is 4.79 Å². The monoisotopic (exact) mass is 434 g/mol. The molecule has 0 aliphatic rings. The lowest BCUT2D eigenvalue weighted by atomic mass is 10.2. The molecule has 0 unspecified atom stereocenters. The minimum absolute atomic E-state index is 0.141. The van der Waals surface area contributed by atoms with E-state index in [-0.39, 0.29) is 5.91 Å². The lowest BCUT2D eigenvalue weighted by molar-refractivity contribution is 0.0945. The van der Waals surface area contributed by atoms with Crippen molar-refractivity contribution in [3.8, 4) is 16.3 Å². The average Bonchev–Trinajstić information content (AvgIpc) is 3.18. The molecule has 0 saturated heterocycles. The quantitative estimate of drug-likeness (QED) is 0.489. The van der Waals surface area contributed by atoms with Gasteiger partial charge >= 0.3 is 0 Å². The SMILES string of the molecule is CC(C)CNC(=O)c1csc(-c2ccc(OCc3ccc(Cl)c(Cl)c3)cc2)n1. The second-order valence-electron chi connectivity index (χ2n) is 6.70. The molecule has 0 bridgehead atoms. The van der Waals surface area contributed by atoms with Crippen LogP contribution in [0.5, 0.6) is 5.75 Å². The van der Waals surface area contributed by atoms with Crippen molar-refractivity contribution in [2.75, 3.05) is 6.54 Å². The lowest BCUT2D eigenvalue weighted by Crippen LogP contribution is -2.27. The van der Waals surface area contributed by atoms with Crippen molar-refractivity contribution in [3.63, 3.8) is 0 Å². The third kappa shape index (κ3) is 5.47. The number of nitrogens with one attached hydrogen (secondary N) is 1. The molecular weight excluding hydrogens is 415 g/mol. The molecule has 0 fully saturated rings. The summed E-state index contributed by atoms with van der Waals surface area (Å²) >= 11 is 13.4. The first-order valence-electron chi connectivity index (χ1n) is 8.83. The Labute approximate surface area is 178 Å². The zero-order valence-corrected chi connectivity index (χ0v) is 17.9. The summed E-state index contributed by atoms with van der Waals surface area (Å²) in [5.74, 6) is 0.998. The lowest BCUT2D eigenvalue weighted by Gasteiger charge is -2.08. The molecule has 3 rings (SSSR count). The van der Waals surface area contributed by atoms with Gasteiger partial charge in [0.1, 0.15) is 23.1 Å². The highest BCUT2D eigenvalue weighted by atomic mass is 35.5. The summed E-state index contributed by atoms with van der Waals surface area (Å²) in [6.07, 6.45) is 0. The summed E-state index contributed by atoms with van der Waals surface area (Å²) in [6.45, 7) is 5.14. The van der Waals surface area contributed by atoms with Crippen LogP contribution in [0.3, 0.4) is 0 Å². The largest absolute Gasteiger partial charge is 0.489 e. The summed E-state index contributed by atoms with van der Waals surface area (Å²) in [7, 11) is 0. The van der Waals surface area contributed by atoms with E-state index in [1.807, 2.05) is 30.3 Å². The maximum atomic E-state index is 12.1. The van der Waals surface area contributed by atoms with Gasteiger partial charge in [0.2, 0.25) is 0 Å². The Balaban J connectivity index is 1.61. The van der Waals surface area contributed by atoms with Crippen LogP contribution >= 0.6 is 34.5 Å². The van der Waals surface area contributed by atoms with E-state index in [9.17, 15) is 4.79 Å². The van der Waals surface area contributed by atoms with E-state index < -0.39 is 0 Å². The van der Waals surface area contributed by atoms with Gasteiger partial charge in [-0.2, -0.15) is 0 Å². The third-order valence-electron chi connectivity index (χ3n) is 3.90. The predicted molar refractivity (Wildman–Crippen MR) is 116 cm³/mol. The molecule has 0 atom stereocenters. The van der Waals surface area contributed by atoms with E-state index in [0.717, 1.165) is 21.9 Å². The van der Waals surface area contributed by atoms with Gasteiger partial charge in [0, 0.05) is 17.5 Å². The van der Waals surface area contributed by atoms with Crippen LogP contribution in [-0.2, 0) is 6.61 Å². The molecule has 146 valence electrons. The average molecular weight is 435 g/mol. The molecule has 1 N–H and O–H groups in total. The van der Waals surface area contributed by atoms with Gasteiger partial charge in [-0.1, -0.05) is 43.1 Å². The Morgan fingerprint density at radius 3 is 2.57 bits per heavy atom. The fraction of sp³-hybridized carbons (Fsp3) is 0.238. The van der Waals surface area contributed by atoms with E-state index in [4.69, 9.17) is 27.9 Å². The second-order valence-corrected chi connectivity index (χ2v) is 8.38. The van der Waals surface area contributed by atoms with Crippen LogP contribution in [0.25, 0.3) is 10.6 Å². The van der Waals surface area contributed by atoms with Crippen LogP contribution in [0.1, 0.15) is 29.9 Å². The predicted octanol–water partition coefficient (Wildman–Crippen LogP) is 6.08. The fourth-order valence-corrected chi connectivity index (χ4v) is 3.51. The minimum Gasteiger partial charge on any atom is -0.489 e. The maximum absolute atomic E-state index is 12.1. The van der Waals surface area contributed by atoms with Gasteiger partial charge in [-0.05, 0) is 47.9 Å². The van der Waals surface area contributed by atoms with Crippen molar-refractivity contribution in [1.29, 1.82) is 0 Å². The molecule has 28 heavy (non-hydrogen) atoms. The first-order chi connectivity index (χ1) is 13.4. The van der Waals surface area contributed by atoms with Crippen LogP contribution < -0.4 is 10.1 Å². The number of thiazole rings is 1. The zero-order chi connectivity index (χ0) is 20.1. The normalized spacial score (nSPS) is 10.9. The maximum Gasteiger partial charge on any atom is 0.270 e. The number of aromatic nitrogens is 1. The number of carbonyl (C=O) groups excluding carboxylic acids is 1. The summed E-state index contributed by atoms with van der Waals surface area (Å²) in [5, 5.41) is 6.49. The number of benzene rings is 2. The molecule has 0 spiro atoms. The highest BCUT2D eigenvalue weighted by Gasteiger charge is 2.12. The topological polar surface area (TPSA) is 51.2 Å². The van der Waals surface area contributed by atoms with Gasteiger partial charge in [0.25, 0.3) is 5.91 Å². The van der Waals surface area contributed by atoms with Crippen molar-refractivity contribution in [2.24, 2.45) is 5.92 Å². The molecule has 0 radical (unpaired) electrons. The minimum atomic E-state index is -0.141. The number of hydrogen-bond donors (Lipinski definition) is 1. The Kier molecular flexibility index (Phi) is 6.94. The zero-order valence-electron chi connectivity index (χ0n) is 15.5. The third-order valence-corrected chi connectivity index (χ3v) is 5.53. The van der Waals surface area contributed by atoms with Crippen LogP contribution in [0.15, 0.2) is 47.8 Å². The van der Waals surface area contributed by atoms with Gasteiger partial charge in [-0.15, -0.1) is 11.3 Å². The first-order valence-corrected chi connectivity index (χ1v) is 10.5. The van der Waals surface area contributed by atoms with E-state index in [1.54, 1.807) is 17.5 Å². The number of hydrogen-bond acceptors (Lipinski definition) is 4. The number of ether oxygens (including phenoxy) is 1. The van der Waals surface area contributed by atoms with E-state index >= 15 is 0 Å². The molecule has 3 aromatic rings. The molecule has 0 saturated carbocycles. The van der Waals surface area contributed by atoms with Crippen LogP contribution in [0.4, 0.5) is 0 Å². The second kappa shape index (κ2) is 9.41. The molecule has 1 aromatic heterocycles. The molecular formula is C21H20Cl2N2O2S. The first kappa shape index (κ1) is 20.6. The van der Waals surface area contributed by atoms with Gasteiger partial charge in [-0.25, -0.2) is 4.98 Å². The summed E-state index contributed by atoms with van der Waals surface area (Å²) in [4.78, 5) is 16.5. The Hall–Kier alpha value is -2.08. The van der Waals surface area contributed by atoms with Gasteiger partial charge in [0.05, 0.1) is 10.0 Å². The number of halogens is 2.